The number of carbonyl (C=O) groups excluding carboxylic acids is 1. The van der Waals surface area contributed by atoms with E-state index in [0.717, 1.165) is 17.8 Å². The topological polar surface area (TPSA) is 47.4 Å². The number of amides is 1. The highest BCUT2D eigenvalue weighted by atomic mass is 32.1. The molecule has 1 atom stereocenters. The molecule has 2 aromatic heterocycles. The first-order chi connectivity index (χ1) is 10.3. The zero-order valence-corrected chi connectivity index (χ0v) is 12.9. The highest BCUT2D eigenvalue weighted by molar-refractivity contribution is 7.08. The molecule has 0 radical (unpaired) electrons. The Morgan fingerprint density at radius 1 is 1.48 bits per heavy atom. The Balaban J connectivity index is 1.81. The number of rotatable bonds is 4. The van der Waals surface area contributed by atoms with Crippen LogP contribution in [0, 0.1) is 5.92 Å². The van der Waals surface area contributed by atoms with E-state index in [1.807, 2.05) is 39.4 Å². The fraction of sp³-hybridized carbons (Fsp3) is 0.467. The van der Waals surface area contributed by atoms with Crippen molar-refractivity contribution in [3.63, 3.8) is 0 Å². The Morgan fingerprint density at radius 2 is 2.38 bits per heavy atom. The van der Waals surface area contributed by atoms with E-state index in [4.69, 9.17) is 4.74 Å². The van der Waals surface area contributed by atoms with Crippen LogP contribution in [-0.4, -0.2) is 40.3 Å². The molecule has 112 valence electrons. The summed E-state index contributed by atoms with van der Waals surface area (Å²) in [5.74, 6) is 0.362. The van der Waals surface area contributed by atoms with E-state index < -0.39 is 0 Å². The predicted molar refractivity (Wildman–Crippen MR) is 81.3 cm³/mol. The standard InChI is InChI=1S/C15H19N3O2S/c1-2-20-10-12-7-17(15(19)13-4-6-21-11-13)9-14-3-5-16-18(14)8-12/h3-6,11-12H,2,7-10H2,1H3/t12-/m1/s1. The van der Waals surface area contributed by atoms with Crippen LogP contribution in [0.2, 0.25) is 0 Å². The summed E-state index contributed by atoms with van der Waals surface area (Å²) in [4.78, 5) is 14.5. The number of hydrogen-bond acceptors (Lipinski definition) is 4. The normalized spacial score (nSPS) is 18.3. The molecule has 6 heteroatoms. The third-order valence-corrected chi connectivity index (χ3v) is 4.36. The largest absolute Gasteiger partial charge is 0.381 e. The second-order valence-corrected chi connectivity index (χ2v) is 6.01. The van der Waals surface area contributed by atoms with E-state index in [0.29, 0.717) is 26.3 Å². The van der Waals surface area contributed by atoms with Crippen molar-refractivity contribution >= 4 is 17.2 Å². The van der Waals surface area contributed by atoms with E-state index >= 15 is 0 Å². The van der Waals surface area contributed by atoms with Crippen LogP contribution < -0.4 is 0 Å². The van der Waals surface area contributed by atoms with Gasteiger partial charge in [0.25, 0.3) is 5.91 Å². The minimum atomic E-state index is 0.0902. The SMILES string of the molecule is CCOC[C@@H]1CN(C(=O)c2ccsc2)Cc2ccnn2C1. The molecule has 21 heavy (non-hydrogen) atoms. The number of ether oxygens (including phenoxy) is 1. The van der Waals surface area contributed by atoms with Gasteiger partial charge in [-0.25, -0.2) is 0 Å². The van der Waals surface area contributed by atoms with Crippen LogP contribution in [0.1, 0.15) is 23.0 Å². The van der Waals surface area contributed by atoms with Gasteiger partial charge in [0.05, 0.1) is 24.4 Å². The maximum absolute atomic E-state index is 12.6. The van der Waals surface area contributed by atoms with Crippen LogP contribution in [0.15, 0.2) is 29.1 Å². The lowest BCUT2D eigenvalue weighted by molar-refractivity contribution is 0.0617. The molecule has 0 bridgehead atoms. The lowest BCUT2D eigenvalue weighted by Gasteiger charge is -2.23. The lowest BCUT2D eigenvalue weighted by atomic mass is 10.1. The van der Waals surface area contributed by atoms with Crippen LogP contribution in [0.5, 0.6) is 0 Å². The minimum absolute atomic E-state index is 0.0902. The second kappa shape index (κ2) is 6.41. The predicted octanol–water partition coefficient (Wildman–Crippen LogP) is 2.25. The monoisotopic (exact) mass is 305 g/mol. The molecule has 0 aliphatic carbocycles. The average molecular weight is 305 g/mol. The van der Waals surface area contributed by atoms with E-state index in [1.54, 1.807) is 17.5 Å². The number of aromatic nitrogens is 2. The van der Waals surface area contributed by atoms with Crippen LogP contribution in [0.3, 0.4) is 0 Å². The van der Waals surface area contributed by atoms with Crippen LogP contribution >= 0.6 is 11.3 Å². The average Bonchev–Trinajstić information content (AvgIpc) is 3.13. The van der Waals surface area contributed by atoms with Crippen molar-refractivity contribution in [2.24, 2.45) is 5.92 Å². The zero-order chi connectivity index (χ0) is 14.7. The molecule has 5 nitrogen and oxygen atoms in total. The third kappa shape index (κ3) is 3.16. The van der Waals surface area contributed by atoms with E-state index in [9.17, 15) is 4.79 Å². The van der Waals surface area contributed by atoms with Crippen LogP contribution in [-0.2, 0) is 17.8 Å². The van der Waals surface area contributed by atoms with Gasteiger partial charge >= 0.3 is 0 Å². The van der Waals surface area contributed by atoms with Gasteiger partial charge < -0.3 is 9.64 Å². The smallest absolute Gasteiger partial charge is 0.255 e. The Labute approximate surface area is 128 Å². The number of hydrogen-bond donors (Lipinski definition) is 0. The first kappa shape index (κ1) is 14.3. The van der Waals surface area contributed by atoms with E-state index in [1.165, 1.54) is 0 Å². The van der Waals surface area contributed by atoms with Gasteiger partial charge in [0, 0.05) is 37.2 Å². The van der Waals surface area contributed by atoms with Crippen molar-refractivity contribution < 1.29 is 9.53 Å². The maximum atomic E-state index is 12.6. The highest BCUT2D eigenvalue weighted by Crippen LogP contribution is 2.19. The molecule has 3 heterocycles. The molecule has 3 rings (SSSR count). The molecule has 0 spiro atoms. The van der Waals surface area contributed by atoms with Gasteiger partial charge in [-0.05, 0) is 24.4 Å². The molecular formula is C15H19N3O2S. The summed E-state index contributed by atoms with van der Waals surface area (Å²) in [6, 6.07) is 3.86. The molecular weight excluding hydrogens is 286 g/mol. The van der Waals surface area contributed by atoms with Crippen molar-refractivity contribution in [2.45, 2.75) is 20.0 Å². The van der Waals surface area contributed by atoms with Crippen LogP contribution in [0.25, 0.3) is 0 Å². The Bertz CT molecular complexity index is 594. The molecule has 0 saturated carbocycles. The van der Waals surface area contributed by atoms with Crippen molar-refractivity contribution in [3.05, 3.63) is 40.3 Å². The number of thiophene rings is 1. The zero-order valence-electron chi connectivity index (χ0n) is 12.1. The van der Waals surface area contributed by atoms with Gasteiger partial charge in [-0.3, -0.25) is 9.48 Å². The molecule has 1 aliphatic rings. The van der Waals surface area contributed by atoms with Crippen molar-refractivity contribution in [1.29, 1.82) is 0 Å². The molecule has 0 unspecified atom stereocenters. The van der Waals surface area contributed by atoms with E-state index in [-0.39, 0.29) is 11.8 Å². The second-order valence-electron chi connectivity index (χ2n) is 5.23. The minimum Gasteiger partial charge on any atom is -0.381 e. The molecule has 0 aromatic carbocycles. The van der Waals surface area contributed by atoms with Crippen molar-refractivity contribution in [2.75, 3.05) is 19.8 Å². The van der Waals surface area contributed by atoms with Crippen molar-refractivity contribution in [3.8, 4) is 0 Å². The molecule has 0 saturated heterocycles. The Morgan fingerprint density at radius 3 is 3.14 bits per heavy atom. The summed E-state index contributed by atoms with van der Waals surface area (Å²) in [6.07, 6.45) is 1.80. The molecule has 0 fully saturated rings. The van der Waals surface area contributed by atoms with Gasteiger partial charge in [-0.15, -0.1) is 0 Å². The number of carbonyl (C=O) groups is 1. The summed E-state index contributed by atoms with van der Waals surface area (Å²) < 4.78 is 7.55. The highest BCUT2D eigenvalue weighted by Gasteiger charge is 2.26. The summed E-state index contributed by atoms with van der Waals surface area (Å²) in [5, 5.41) is 8.20. The fourth-order valence-electron chi connectivity index (χ4n) is 2.65. The Hall–Kier alpha value is -1.66. The van der Waals surface area contributed by atoms with Crippen LogP contribution in [0.4, 0.5) is 0 Å². The van der Waals surface area contributed by atoms with E-state index in [2.05, 4.69) is 5.10 Å². The molecule has 1 amide bonds. The summed E-state index contributed by atoms with van der Waals surface area (Å²) in [5.41, 5.74) is 1.85. The maximum Gasteiger partial charge on any atom is 0.255 e. The summed E-state index contributed by atoms with van der Waals surface area (Å²) in [7, 11) is 0. The summed E-state index contributed by atoms with van der Waals surface area (Å²) >= 11 is 1.55. The van der Waals surface area contributed by atoms with Gasteiger partial charge in [0.1, 0.15) is 0 Å². The summed E-state index contributed by atoms with van der Waals surface area (Å²) in [6.45, 7) is 5.46. The van der Waals surface area contributed by atoms with Gasteiger partial charge in [-0.1, -0.05) is 0 Å². The molecule has 2 aromatic rings. The number of nitrogens with zero attached hydrogens (tertiary/aromatic N) is 3. The van der Waals surface area contributed by atoms with Gasteiger partial charge in [-0.2, -0.15) is 16.4 Å². The molecule has 1 aliphatic heterocycles. The van der Waals surface area contributed by atoms with Gasteiger partial charge in [0.2, 0.25) is 0 Å². The number of fused-ring (bicyclic) bond motifs is 1. The Kier molecular flexibility index (Phi) is 4.36. The van der Waals surface area contributed by atoms with Crippen molar-refractivity contribution in [1.82, 2.24) is 14.7 Å². The first-order valence-electron chi connectivity index (χ1n) is 7.18. The van der Waals surface area contributed by atoms with Gasteiger partial charge in [0.15, 0.2) is 0 Å². The lowest BCUT2D eigenvalue weighted by Crippen LogP contribution is -2.35. The third-order valence-electron chi connectivity index (χ3n) is 3.68. The quantitative estimate of drug-likeness (QED) is 0.870. The first-order valence-corrected chi connectivity index (χ1v) is 8.12. The fourth-order valence-corrected chi connectivity index (χ4v) is 3.28. The molecule has 0 N–H and O–H groups in total.